The number of ether oxygens (including phenoxy) is 1. The number of rotatable bonds is 9. The quantitative estimate of drug-likeness (QED) is 0.470. The molecule has 1 amide bonds. The molecule has 0 aliphatic carbocycles. The second-order valence-electron chi connectivity index (χ2n) is 6.79. The minimum Gasteiger partial charge on any atom is -0.494 e. The molecule has 0 radical (unpaired) electrons. The molecule has 7 heteroatoms. The highest BCUT2D eigenvalue weighted by molar-refractivity contribution is 7.99. The molecule has 0 atom stereocenters. The van der Waals surface area contributed by atoms with Crippen molar-refractivity contribution in [3.05, 3.63) is 54.1 Å². The lowest BCUT2D eigenvalue weighted by molar-refractivity contribution is -0.127. The Bertz CT molecular complexity index is 964. The highest BCUT2D eigenvalue weighted by Gasteiger charge is 2.18. The van der Waals surface area contributed by atoms with Crippen LogP contribution in [-0.4, -0.2) is 51.0 Å². The lowest BCUT2D eigenvalue weighted by Gasteiger charge is -2.18. The summed E-state index contributed by atoms with van der Waals surface area (Å²) in [5, 5.41) is 9.55. The van der Waals surface area contributed by atoms with Crippen LogP contribution in [0.2, 0.25) is 0 Å². The Morgan fingerprint density at radius 3 is 2.27 bits per heavy atom. The minimum atomic E-state index is 0.100. The van der Waals surface area contributed by atoms with Gasteiger partial charge < -0.3 is 9.64 Å². The summed E-state index contributed by atoms with van der Waals surface area (Å²) < 4.78 is 7.57. The number of hydrogen-bond acceptors (Lipinski definition) is 5. The molecule has 1 aromatic heterocycles. The van der Waals surface area contributed by atoms with Gasteiger partial charge in [-0.2, -0.15) is 0 Å². The Balaban J connectivity index is 1.96. The molecule has 0 saturated carbocycles. The van der Waals surface area contributed by atoms with Crippen molar-refractivity contribution in [1.29, 1.82) is 0 Å². The maximum Gasteiger partial charge on any atom is 0.233 e. The SMILES string of the molecule is CCOc1ccc(-n2c(SCC(=O)N(CC)CC)nnc2-c2ccc(C)cc2)cc1. The highest BCUT2D eigenvalue weighted by Crippen LogP contribution is 2.29. The fourth-order valence-corrected chi connectivity index (χ4v) is 3.99. The van der Waals surface area contributed by atoms with Crippen molar-refractivity contribution in [3.63, 3.8) is 0 Å². The smallest absolute Gasteiger partial charge is 0.233 e. The second kappa shape index (κ2) is 10.3. The standard InChI is InChI=1S/C23H28N4O2S/c1-5-26(6-2)21(28)16-30-23-25-24-22(18-10-8-17(4)9-11-18)27(23)19-12-14-20(15-13-19)29-7-3/h8-15H,5-7,16H2,1-4H3. The normalized spacial score (nSPS) is 10.8. The summed E-state index contributed by atoms with van der Waals surface area (Å²) >= 11 is 1.41. The first-order valence-corrected chi connectivity index (χ1v) is 11.2. The monoisotopic (exact) mass is 424 g/mol. The first-order valence-electron chi connectivity index (χ1n) is 10.2. The van der Waals surface area contributed by atoms with E-state index in [1.165, 1.54) is 17.3 Å². The van der Waals surface area contributed by atoms with Crippen LogP contribution in [0, 0.1) is 6.92 Å². The van der Waals surface area contributed by atoms with Crippen molar-refractivity contribution in [3.8, 4) is 22.8 Å². The number of aromatic nitrogens is 3. The van der Waals surface area contributed by atoms with Gasteiger partial charge in [0.2, 0.25) is 5.91 Å². The van der Waals surface area contributed by atoms with Crippen LogP contribution >= 0.6 is 11.8 Å². The predicted molar refractivity (Wildman–Crippen MR) is 121 cm³/mol. The third kappa shape index (κ3) is 5.02. The van der Waals surface area contributed by atoms with Gasteiger partial charge in [-0.25, -0.2) is 0 Å². The molecule has 30 heavy (non-hydrogen) atoms. The number of hydrogen-bond donors (Lipinski definition) is 0. The zero-order valence-electron chi connectivity index (χ0n) is 18.0. The fourth-order valence-electron chi connectivity index (χ4n) is 3.14. The van der Waals surface area contributed by atoms with Crippen LogP contribution in [0.1, 0.15) is 26.3 Å². The average Bonchev–Trinajstić information content (AvgIpc) is 3.18. The van der Waals surface area contributed by atoms with Crippen LogP contribution in [0.25, 0.3) is 17.1 Å². The molecule has 1 heterocycles. The maximum absolute atomic E-state index is 12.5. The van der Waals surface area contributed by atoms with Crippen molar-refractivity contribution in [2.75, 3.05) is 25.4 Å². The van der Waals surface area contributed by atoms with Gasteiger partial charge in [-0.3, -0.25) is 9.36 Å². The number of benzene rings is 2. The first-order chi connectivity index (χ1) is 14.6. The third-order valence-corrected chi connectivity index (χ3v) is 5.70. The zero-order chi connectivity index (χ0) is 21.5. The van der Waals surface area contributed by atoms with E-state index in [-0.39, 0.29) is 5.91 Å². The fraction of sp³-hybridized carbons (Fsp3) is 0.348. The molecule has 6 nitrogen and oxygen atoms in total. The lowest BCUT2D eigenvalue weighted by atomic mass is 10.1. The predicted octanol–water partition coefficient (Wildman–Crippen LogP) is 4.60. The van der Waals surface area contributed by atoms with Gasteiger partial charge >= 0.3 is 0 Å². The number of thioether (sulfide) groups is 1. The summed E-state index contributed by atoms with van der Waals surface area (Å²) in [5.41, 5.74) is 3.09. The Hall–Kier alpha value is -2.80. The van der Waals surface area contributed by atoms with E-state index in [0.717, 1.165) is 22.8 Å². The lowest BCUT2D eigenvalue weighted by Crippen LogP contribution is -2.31. The summed E-state index contributed by atoms with van der Waals surface area (Å²) in [6.45, 7) is 10.0. The van der Waals surface area contributed by atoms with Crippen molar-refractivity contribution in [2.24, 2.45) is 0 Å². The first kappa shape index (κ1) is 21.9. The molecule has 0 saturated heterocycles. The molecule has 0 aliphatic rings. The van der Waals surface area contributed by atoms with E-state index >= 15 is 0 Å². The molecule has 3 rings (SSSR count). The van der Waals surface area contributed by atoms with Crippen molar-refractivity contribution in [2.45, 2.75) is 32.9 Å². The van der Waals surface area contributed by atoms with Gasteiger partial charge in [-0.15, -0.1) is 10.2 Å². The molecule has 3 aromatic rings. The van der Waals surface area contributed by atoms with Crippen LogP contribution < -0.4 is 4.74 Å². The Labute approximate surface area is 182 Å². The van der Waals surface area contributed by atoms with E-state index in [2.05, 4.69) is 29.3 Å². The molecule has 0 spiro atoms. The van der Waals surface area contributed by atoms with Crippen LogP contribution in [0.3, 0.4) is 0 Å². The largest absolute Gasteiger partial charge is 0.494 e. The Kier molecular flexibility index (Phi) is 7.52. The van der Waals surface area contributed by atoms with E-state index in [1.54, 1.807) is 0 Å². The molecule has 0 unspecified atom stereocenters. The number of carbonyl (C=O) groups is 1. The Morgan fingerprint density at radius 2 is 1.67 bits per heavy atom. The summed E-state index contributed by atoms with van der Waals surface area (Å²) in [5.74, 6) is 1.99. The molecule has 0 bridgehead atoms. The number of aryl methyl sites for hydroxylation is 1. The molecule has 0 fully saturated rings. The summed E-state index contributed by atoms with van der Waals surface area (Å²) in [7, 11) is 0. The molecule has 158 valence electrons. The van der Waals surface area contributed by atoms with E-state index in [0.29, 0.717) is 30.6 Å². The van der Waals surface area contributed by atoms with Crippen LogP contribution in [0.5, 0.6) is 5.75 Å². The van der Waals surface area contributed by atoms with Crippen molar-refractivity contribution >= 4 is 17.7 Å². The topological polar surface area (TPSA) is 60.2 Å². The van der Waals surface area contributed by atoms with Gasteiger partial charge in [0.1, 0.15) is 5.75 Å². The maximum atomic E-state index is 12.5. The van der Waals surface area contributed by atoms with E-state index in [9.17, 15) is 4.79 Å². The minimum absolute atomic E-state index is 0.100. The number of carbonyl (C=O) groups excluding carboxylic acids is 1. The van der Waals surface area contributed by atoms with Gasteiger partial charge in [0.25, 0.3) is 0 Å². The van der Waals surface area contributed by atoms with Crippen molar-refractivity contribution in [1.82, 2.24) is 19.7 Å². The number of amides is 1. The third-order valence-electron chi connectivity index (χ3n) is 4.79. The summed E-state index contributed by atoms with van der Waals surface area (Å²) in [4.78, 5) is 14.3. The second-order valence-corrected chi connectivity index (χ2v) is 7.73. The van der Waals surface area contributed by atoms with Crippen LogP contribution in [0.15, 0.2) is 53.7 Å². The van der Waals surface area contributed by atoms with E-state index < -0.39 is 0 Å². The molecular weight excluding hydrogens is 396 g/mol. The molecule has 2 aromatic carbocycles. The molecule has 0 aliphatic heterocycles. The van der Waals surface area contributed by atoms with Crippen LogP contribution in [0.4, 0.5) is 0 Å². The summed E-state index contributed by atoms with van der Waals surface area (Å²) in [6, 6.07) is 16.1. The van der Waals surface area contributed by atoms with Gasteiger partial charge in [-0.1, -0.05) is 41.6 Å². The highest BCUT2D eigenvalue weighted by atomic mass is 32.2. The number of nitrogens with zero attached hydrogens (tertiary/aromatic N) is 4. The zero-order valence-corrected chi connectivity index (χ0v) is 18.8. The van der Waals surface area contributed by atoms with Gasteiger partial charge in [0.05, 0.1) is 12.4 Å². The van der Waals surface area contributed by atoms with Gasteiger partial charge in [-0.05, 0) is 52.0 Å². The van der Waals surface area contributed by atoms with E-state index in [4.69, 9.17) is 4.74 Å². The average molecular weight is 425 g/mol. The van der Waals surface area contributed by atoms with Crippen LogP contribution in [-0.2, 0) is 4.79 Å². The van der Waals surface area contributed by atoms with Gasteiger partial charge in [0, 0.05) is 24.3 Å². The van der Waals surface area contributed by atoms with E-state index in [1.807, 2.05) is 66.6 Å². The Morgan fingerprint density at radius 1 is 1.00 bits per heavy atom. The molecular formula is C23H28N4O2S. The summed E-state index contributed by atoms with van der Waals surface area (Å²) in [6.07, 6.45) is 0. The van der Waals surface area contributed by atoms with Gasteiger partial charge in [0.15, 0.2) is 11.0 Å². The van der Waals surface area contributed by atoms with Crippen molar-refractivity contribution < 1.29 is 9.53 Å². The molecule has 0 N–H and O–H groups in total.